The van der Waals surface area contributed by atoms with Gasteiger partial charge in [-0.1, -0.05) is 0 Å². The van der Waals surface area contributed by atoms with Gasteiger partial charge in [0.1, 0.15) is 0 Å². The smallest absolute Gasteiger partial charge is 0.243 e. The van der Waals surface area contributed by atoms with Crippen molar-refractivity contribution in [1.82, 2.24) is 9.55 Å². The van der Waals surface area contributed by atoms with Crippen LogP contribution in [0.3, 0.4) is 0 Å². The predicted octanol–water partition coefficient (Wildman–Crippen LogP) is 0.189. The van der Waals surface area contributed by atoms with Crippen molar-refractivity contribution in [3.8, 4) is 0 Å². The molecule has 13 heavy (non-hydrogen) atoms. The fourth-order valence-electron chi connectivity index (χ4n) is 0.912. The van der Waals surface area contributed by atoms with Crippen molar-refractivity contribution in [1.29, 1.82) is 0 Å². The van der Waals surface area contributed by atoms with E-state index in [-0.39, 0.29) is 5.91 Å². The molecule has 0 aliphatic rings. The van der Waals surface area contributed by atoms with Crippen LogP contribution in [0.1, 0.15) is 13.8 Å². The van der Waals surface area contributed by atoms with Gasteiger partial charge in [-0.15, -0.1) is 0 Å². The highest BCUT2D eigenvalue weighted by Gasteiger charge is 2.09. The minimum absolute atomic E-state index is 0.221. The Morgan fingerprint density at radius 3 is 3.08 bits per heavy atom. The molecule has 0 bridgehead atoms. The number of hydrogen-bond donors (Lipinski definition) is 2. The summed E-state index contributed by atoms with van der Waals surface area (Å²) < 4.78 is 1.83. The van der Waals surface area contributed by atoms with Crippen molar-refractivity contribution in [3.05, 3.63) is 12.4 Å². The van der Waals surface area contributed by atoms with Crippen LogP contribution in [0.2, 0.25) is 0 Å². The topological polar surface area (TPSA) is 72.9 Å². The Bertz CT molecular complexity index is 292. The Hall–Kier alpha value is -1.36. The largest absolute Gasteiger partial charge is 0.320 e. The van der Waals surface area contributed by atoms with E-state index in [0.717, 1.165) is 6.54 Å². The number of imidazole rings is 1. The highest BCUT2D eigenvalue weighted by atomic mass is 16.2. The van der Waals surface area contributed by atoms with Crippen LogP contribution in [0.15, 0.2) is 12.4 Å². The van der Waals surface area contributed by atoms with Gasteiger partial charge >= 0.3 is 0 Å². The van der Waals surface area contributed by atoms with E-state index in [4.69, 9.17) is 5.73 Å². The number of anilines is 1. The van der Waals surface area contributed by atoms with E-state index in [1.807, 2.05) is 11.5 Å². The number of rotatable bonds is 3. The highest BCUT2D eigenvalue weighted by Crippen LogP contribution is 2.03. The quantitative estimate of drug-likeness (QED) is 0.700. The number of carbonyl (C=O) groups is 1. The fraction of sp³-hybridized carbons (Fsp3) is 0.500. The molecule has 0 spiro atoms. The first kappa shape index (κ1) is 9.73. The van der Waals surface area contributed by atoms with E-state index in [1.54, 1.807) is 19.3 Å². The number of carbonyl (C=O) groups excluding carboxylic acids is 1. The lowest BCUT2D eigenvalue weighted by Crippen LogP contribution is -2.33. The maximum Gasteiger partial charge on any atom is 0.243 e. The number of aryl methyl sites for hydroxylation is 1. The fourth-order valence-corrected chi connectivity index (χ4v) is 0.912. The van der Waals surface area contributed by atoms with Gasteiger partial charge in [0.05, 0.1) is 6.04 Å². The minimum atomic E-state index is -0.512. The molecule has 5 nitrogen and oxygen atoms in total. The molecule has 1 heterocycles. The molecule has 1 amide bonds. The summed E-state index contributed by atoms with van der Waals surface area (Å²) in [5.41, 5.74) is 5.39. The predicted molar refractivity (Wildman–Crippen MR) is 50.2 cm³/mol. The molecule has 0 radical (unpaired) electrons. The van der Waals surface area contributed by atoms with Crippen LogP contribution in [0.25, 0.3) is 0 Å². The maximum absolute atomic E-state index is 11.2. The molecule has 0 aliphatic carbocycles. The van der Waals surface area contributed by atoms with Crippen LogP contribution in [-0.2, 0) is 11.3 Å². The van der Waals surface area contributed by atoms with Gasteiger partial charge in [0.15, 0.2) is 0 Å². The summed E-state index contributed by atoms with van der Waals surface area (Å²) >= 11 is 0. The third-order valence-corrected chi connectivity index (χ3v) is 1.70. The Balaban J connectivity index is 2.68. The van der Waals surface area contributed by atoms with E-state index in [1.165, 1.54) is 0 Å². The second kappa shape index (κ2) is 4.04. The Labute approximate surface area is 76.9 Å². The van der Waals surface area contributed by atoms with Crippen LogP contribution in [0.4, 0.5) is 5.95 Å². The molecule has 1 aromatic heterocycles. The van der Waals surface area contributed by atoms with Crippen molar-refractivity contribution >= 4 is 11.9 Å². The lowest BCUT2D eigenvalue weighted by Gasteiger charge is -2.08. The first-order valence-corrected chi connectivity index (χ1v) is 4.22. The standard InChI is InChI=1S/C8H14N4O/c1-3-12-5-4-10-8(12)11-7(13)6(2)9/h4-6H,3,9H2,1-2H3,(H,10,11,13)/t6-/m0/s1. The molecule has 0 unspecified atom stereocenters. The molecule has 72 valence electrons. The van der Waals surface area contributed by atoms with E-state index in [9.17, 15) is 4.79 Å². The Kier molecular flexibility index (Phi) is 3.02. The number of nitrogens with zero attached hydrogens (tertiary/aromatic N) is 2. The molecule has 0 aromatic carbocycles. The third-order valence-electron chi connectivity index (χ3n) is 1.70. The van der Waals surface area contributed by atoms with Crippen molar-refractivity contribution in [2.45, 2.75) is 26.4 Å². The molecule has 0 saturated heterocycles. The zero-order valence-corrected chi connectivity index (χ0v) is 7.82. The lowest BCUT2D eigenvalue weighted by atomic mass is 10.3. The van der Waals surface area contributed by atoms with Crippen LogP contribution >= 0.6 is 0 Å². The summed E-state index contributed by atoms with van der Waals surface area (Å²) in [6, 6.07) is -0.512. The van der Waals surface area contributed by atoms with Gasteiger partial charge in [0.25, 0.3) is 0 Å². The van der Waals surface area contributed by atoms with Crippen LogP contribution in [-0.4, -0.2) is 21.5 Å². The third kappa shape index (κ3) is 2.29. The van der Waals surface area contributed by atoms with Gasteiger partial charge in [-0.05, 0) is 13.8 Å². The van der Waals surface area contributed by atoms with Gasteiger partial charge < -0.3 is 10.3 Å². The minimum Gasteiger partial charge on any atom is -0.320 e. The second-order valence-electron chi connectivity index (χ2n) is 2.81. The first-order chi connectivity index (χ1) is 6.15. The monoisotopic (exact) mass is 182 g/mol. The zero-order chi connectivity index (χ0) is 9.84. The Morgan fingerprint density at radius 1 is 1.85 bits per heavy atom. The van der Waals surface area contributed by atoms with Crippen LogP contribution in [0.5, 0.6) is 0 Å². The van der Waals surface area contributed by atoms with Gasteiger partial charge in [0.2, 0.25) is 11.9 Å². The van der Waals surface area contributed by atoms with Gasteiger partial charge in [-0.2, -0.15) is 0 Å². The van der Waals surface area contributed by atoms with Gasteiger partial charge in [-0.25, -0.2) is 4.98 Å². The van der Waals surface area contributed by atoms with Crippen molar-refractivity contribution in [2.24, 2.45) is 5.73 Å². The average molecular weight is 182 g/mol. The Morgan fingerprint density at radius 2 is 2.54 bits per heavy atom. The SMILES string of the molecule is CCn1ccnc1NC(=O)[C@H](C)N. The molecule has 1 rings (SSSR count). The molecule has 5 heteroatoms. The summed E-state index contributed by atoms with van der Waals surface area (Å²) in [6.07, 6.45) is 3.44. The maximum atomic E-state index is 11.2. The summed E-state index contributed by atoms with van der Waals surface area (Å²) in [4.78, 5) is 15.2. The van der Waals surface area contributed by atoms with Crippen molar-refractivity contribution in [3.63, 3.8) is 0 Å². The second-order valence-corrected chi connectivity index (χ2v) is 2.81. The van der Waals surface area contributed by atoms with Crippen molar-refractivity contribution in [2.75, 3.05) is 5.32 Å². The molecule has 1 aromatic rings. The molecule has 1 atom stereocenters. The normalized spacial score (nSPS) is 12.5. The van der Waals surface area contributed by atoms with Crippen LogP contribution in [0, 0.1) is 0 Å². The van der Waals surface area contributed by atoms with Gasteiger partial charge in [0, 0.05) is 18.9 Å². The first-order valence-electron chi connectivity index (χ1n) is 4.22. The number of hydrogen-bond acceptors (Lipinski definition) is 3. The van der Waals surface area contributed by atoms with E-state index in [0.29, 0.717) is 5.95 Å². The average Bonchev–Trinajstić information content (AvgIpc) is 2.51. The number of amides is 1. The van der Waals surface area contributed by atoms with Crippen molar-refractivity contribution < 1.29 is 4.79 Å². The summed E-state index contributed by atoms with van der Waals surface area (Å²) in [7, 11) is 0. The summed E-state index contributed by atoms with van der Waals surface area (Å²) in [5, 5.41) is 2.63. The zero-order valence-electron chi connectivity index (χ0n) is 7.82. The van der Waals surface area contributed by atoms with E-state index >= 15 is 0 Å². The molecule has 0 fully saturated rings. The van der Waals surface area contributed by atoms with E-state index in [2.05, 4.69) is 10.3 Å². The molecular weight excluding hydrogens is 168 g/mol. The summed E-state index contributed by atoms with van der Waals surface area (Å²) in [6.45, 7) is 4.38. The van der Waals surface area contributed by atoms with Gasteiger partial charge in [-0.3, -0.25) is 10.1 Å². The summed E-state index contributed by atoms with van der Waals surface area (Å²) in [5.74, 6) is 0.325. The number of nitrogens with one attached hydrogen (secondary N) is 1. The van der Waals surface area contributed by atoms with Crippen LogP contribution < -0.4 is 11.1 Å². The molecule has 0 saturated carbocycles. The lowest BCUT2D eigenvalue weighted by molar-refractivity contribution is -0.117. The molecule has 3 N–H and O–H groups in total. The van der Waals surface area contributed by atoms with E-state index < -0.39 is 6.04 Å². The molecular formula is C8H14N4O. The molecule has 0 aliphatic heterocycles. The number of aromatic nitrogens is 2. The highest BCUT2D eigenvalue weighted by molar-refractivity contribution is 5.92. The number of nitrogens with two attached hydrogens (primary N) is 1.